The zero-order valence-corrected chi connectivity index (χ0v) is 27.7. The lowest BCUT2D eigenvalue weighted by molar-refractivity contribution is 0.669. The molecule has 11 rings (SSSR count). The number of furan rings is 2. The Bertz CT molecular complexity index is 3190. The van der Waals surface area contributed by atoms with Crippen molar-refractivity contribution >= 4 is 65.4 Å². The number of fused-ring (bicyclic) bond motifs is 9. The summed E-state index contributed by atoms with van der Waals surface area (Å²) in [6.07, 6.45) is 0. The van der Waals surface area contributed by atoms with Gasteiger partial charge in [-0.25, -0.2) is 15.0 Å². The van der Waals surface area contributed by atoms with Crippen molar-refractivity contribution in [2.45, 2.75) is 0 Å². The van der Waals surface area contributed by atoms with Crippen molar-refractivity contribution in [3.05, 3.63) is 164 Å². The van der Waals surface area contributed by atoms with E-state index in [9.17, 15) is 0 Å². The van der Waals surface area contributed by atoms with Gasteiger partial charge in [-0.05, 0) is 63.7 Å². The van der Waals surface area contributed by atoms with Crippen molar-refractivity contribution in [2.24, 2.45) is 0 Å². The van der Waals surface area contributed by atoms with Gasteiger partial charge >= 0.3 is 0 Å². The average molecular weight is 666 g/mol. The summed E-state index contributed by atoms with van der Waals surface area (Å²) in [4.78, 5) is 15.3. The highest BCUT2D eigenvalue weighted by Gasteiger charge is 2.21. The quantitative estimate of drug-likeness (QED) is 0.187. The second kappa shape index (κ2) is 11.2. The second-order valence-electron chi connectivity index (χ2n) is 13.2. The SMILES string of the molecule is c1ccc(-c2nc(-c3ccc4ccccc4c3)nc(-c3cccc4oc5cccc(-c6ccc7c(c6)oc6c8ccccc8ccc76)c5c34)n2)cc1. The van der Waals surface area contributed by atoms with Crippen LogP contribution in [0.1, 0.15) is 0 Å². The highest BCUT2D eigenvalue weighted by molar-refractivity contribution is 6.19. The molecular weight excluding hydrogens is 639 g/mol. The number of aromatic nitrogens is 3. The summed E-state index contributed by atoms with van der Waals surface area (Å²) in [6, 6.07) is 56.3. The number of rotatable bonds is 4. The van der Waals surface area contributed by atoms with Gasteiger partial charge < -0.3 is 8.83 Å². The van der Waals surface area contributed by atoms with Crippen LogP contribution in [-0.2, 0) is 0 Å². The molecule has 0 amide bonds. The first kappa shape index (κ1) is 28.7. The van der Waals surface area contributed by atoms with E-state index in [1.807, 2.05) is 54.6 Å². The maximum absolute atomic E-state index is 6.59. The van der Waals surface area contributed by atoms with Crippen LogP contribution in [0, 0.1) is 0 Å². The van der Waals surface area contributed by atoms with E-state index in [0.717, 1.165) is 87.9 Å². The van der Waals surface area contributed by atoms with Crippen LogP contribution in [0.15, 0.2) is 173 Å². The van der Waals surface area contributed by atoms with Gasteiger partial charge in [0, 0.05) is 43.6 Å². The van der Waals surface area contributed by atoms with Gasteiger partial charge in [0.15, 0.2) is 17.5 Å². The fourth-order valence-electron chi connectivity index (χ4n) is 7.64. The first-order valence-electron chi connectivity index (χ1n) is 17.3. The molecule has 5 heteroatoms. The third-order valence-corrected chi connectivity index (χ3v) is 10.1. The lowest BCUT2D eigenvalue weighted by Gasteiger charge is -2.10. The number of hydrogen-bond donors (Lipinski definition) is 0. The Morgan fingerprint density at radius 2 is 0.962 bits per heavy atom. The molecule has 0 spiro atoms. The van der Waals surface area contributed by atoms with Crippen LogP contribution in [0.25, 0.3) is 111 Å². The van der Waals surface area contributed by atoms with Crippen LogP contribution in [-0.4, -0.2) is 15.0 Å². The van der Waals surface area contributed by atoms with Crippen LogP contribution in [0.4, 0.5) is 0 Å². The fourth-order valence-corrected chi connectivity index (χ4v) is 7.64. The molecule has 3 heterocycles. The molecule has 242 valence electrons. The summed E-state index contributed by atoms with van der Waals surface area (Å²) in [5, 5.41) is 8.73. The molecule has 0 atom stereocenters. The highest BCUT2D eigenvalue weighted by atomic mass is 16.3. The summed E-state index contributed by atoms with van der Waals surface area (Å²) in [7, 11) is 0. The van der Waals surface area contributed by atoms with E-state index in [2.05, 4.69) is 109 Å². The third kappa shape index (κ3) is 4.46. The predicted molar refractivity (Wildman–Crippen MR) is 211 cm³/mol. The Labute approximate surface area is 297 Å². The molecule has 0 bridgehead atoms. The minimum Gasteiger partial charge on any atom is -0.456 e. The molecule has 0 fully saturated rings. The van der Waals surface area contributed by atoms with E-state index in [0.29, 0.717) is 17.5 Å². The first-order chi connectivity index (χ1) is 25.7. The van der Waals surface area contributed by atoms with Crippen molar-refractivity contribution in [2.75, 3.05) is 0 Å². The maximum Gasteiger partial charge on any atom is 0.164 e. The number of benzene rings is 8. The normalized spacial score (nSPS) is 11.8. The number of hydrogen-bond acceptors (Lipinski definition) is 5. The molecular formula is C47H27N3O2. The van der Waals surface area contributed by atoms with Gasteiger partial charge in [0.05, 0.1) is 0 Å². The van der Waals surface area contributed by atoms with Gasteiger partial charge in [0.2, 0.25) is 0 Å². The van der Waals surface area contributed by atoms with Crippen molar-refractivity contribution < 1.29 is 8.83 Å². The van der Waals surface area contributed by atoms with Crippen LogP contribution in [0.5, 0.6) is 0 Å². The summed E-state index contributed by atoms with van der Waals surface area (Å²) in [5.74, 6) is 1.81. The molecule has 0 N–H and O–H groups in total. The predicted octanol–water partition coefficient (Wildman–Crippen LogP) is 12.6. The molecule has 0 radical (unpaired) electrons. The smallest absolute Gasteiger partial charge is 0.164 e. The molecule has 0 unspecified atom stereocenters. The molecule has 3 aromatic heterocycles. The lowest BCUT2D eigenvalue weighted by atomic mass is 9.96. The Kier molecular flexibility index (Phi) is 6.18. The minimum atomic E-state index is 0.583. The Morgan fingerprint density at radius 1 is 0.327 bits per heavy atom. The number of nitrogens with zero attached hydrogens (tertiary/aromatic N) is 3. The van der Waals surface area contributed by atoms with Crippen molar-refractivity contribution in [1.82, 2.24) is 15.0 Å². The molecule has 0 aliphatic carbocycles. The van der Waals surface area contributed by atoms with E-state index in [1.165, 1.54) is 5.39 Å². The maximum atomic E-state index is 6.59. The average Bonchev–Trinajstić information content (AvgIpc) is 3.79. The van der Waals surface area contributed by atoms with Gasteiger partial charge in [-0.15, -0.1) is 0 Å². The van der Waals surface area contributed by atoms with Gasteiger partial charge in [-0.1, -0.05) is 127 Å². The zero-order valence-electron chi connectivity index (χ0n) is 27.7. The van der Waals surface area contributed by atoms with E-state index in [4.69, 9.17) is 23.8 Å². The standard InChI is InChI=1S/C47H27N3O2/c1-2-12-30(13-3-1)45-48-46(33-21-20-28-10-4-5-14-31(28)26-33)50-47(49-45)38-17-9-19-40-43(38)42-34(16-8-18-39(42)51-40)32-23-24-36-37-25-22-29-11-6-7-15-35(29)44(37)52-41(36)27-32/h1-27H. The Morgan fingerprint density at radius 3 is 1.81 bits per heavy atom. The van der Waals surface area contributed by atoms with Gasteiger partial charge in [0.1, 0.15) is 22.3 Å². The lowest BCUT2D eigenvalue weighted by Crippen LogP contribution is -2.00. The summed E-state index contributed by atoms with van der Waals surface area (Å²) >= 11 is 0. The third-order valence-electron chi connectivity index (χ3n) is 10.1. The molecule has 0 aliphatic heterocycles. The molecule has 0 saturated carbocycles. The van der Waals surface area contributed by atoms with Crippen LogP contribution >= 0.6 is 0 Å². The second-order valence-corrected chi connectivity index (χ2v) is 13.2. The first-order valence-corrected chi connectivity index (χ1v) is 17.3. The van der Waals surface area contributed by atoms with Crippen LogP contribution in [0.3, 0.4) is 0 Å². The molecule has 11 aromatic rings. The summed E-state index contributed by atoms with van der Waals surface area (Å²) < 4.78 is 13.1. The van der Waals surface area contributed by atoms with Gasteiger partial charge in [-0.3, -0.25) is 0 Å². The zero-order chi connectivity index (χ0) is 34.2. The Balaban J connectivity index is 1.14. The van der Waals surface area contributed by atoms with Gasteiger partial charge in [-0.2, -0.15) is 0 Å². The topological polar surface area (TPSA) is 65.0 Å². The van der Waals surface area contributed by atoms with Gasteiger partial charge in [0.25, 0.3) is 0 Å². The summed E-state index contributed by atoms with van der Waals surface area (Å²) in [5.41, 5.74) is 8.12. The Hall–Kier alpha value is -7.11. The van der Waals surface area contributed by atoms with E-state index in [-0.39, 0.29) is 0 Å². The molecule has 0 saturated heterocycles. The van der Waals surface area contributed by atoms with Crippen molar-refractivity contribution in [1.29, 1.82) is 0 Å². The minimum absolute atomic E-state index is 0.583. The van der Waals surface area contributed by atoms with Crippen molar-refractivity contribution in [3.63, 3.8) is 0 Å². The van der Waals surface area contributed by atoms with E-state index >= 15 is 0 Å². The van der Waals surface area contributed by atoms with E-state index < -0.39 is 0 Å². The molecule has 52 heavy (non-hydrogen) atoms. The van der Waals surface area contributed by atoms with Crippen LogP contribution < -0.4 is 0 Å². The molecule has 5 nitrogen and oxygen atoms in total. The van der Waals surface area contributed by atoms with Crippen LogP contribution in [0.2, 0.25) is 0 Å². The highest BCUT2D eigenvalue weighted by Crippen LogP contribution is 2.43. The summed E-state index contributed by atoms with van der Waals surface area (Å²) in [6.45, 7) is 0. The fraction of sp³-hybridized carbons (Fsp3) is 0. The van der Waals surface area contributed by atoms with Crippen molar-refractivity contribution in [3.8, 4) is 45.3 Å². The van der Waals surface area contributed by atoms with E-state index in [1.54, 1.807) is 0 Å². The molecule has 0 aliphatic rings. The largest absolute Gasteiger partial charge is 0.456 e. The monoisotopic (exact) mass is 665 g/mol. The molecule has 8 aromatic carbocycles.